The second kappa shape index (κ2) is 7.76. The van der Waals surface area contributed by atoms with Crippen molar-refractivity contribution in [2.24, 2.45) is 5.41 Å². The molecule has 0 aromatic heterocycles. The van der Waals surface area contributed by atoms with Gasteiger partial charge in [0.2, 0.25) is 0 Å². The van der Waals surface area contributed by atoms with E-state index in [0.29, 0.717) is 11.1 Å². The highest BCUT2D eigenvalue weighted by Gasteiger charge is 2.67. The number of urea groups is 2. The van der Waals surface area contributed by atoms with Crippen LogP contribution in [0.4, 0.5) is 9.59 Å². The number of nitrogens with one attached hydrogen (secondary N) is 2. The van der Waals surface area contributed by atoms with Gasteiger partial charge in [0.05, 0.1) is 12.1 Å². The van der Waals surface area contributed by atoms with Crippen LogP contribution in [0.15, 0.2) is 57.5 Å². The van der Waals surface area contributed by atoms with Crippen LogP contribution in [0.1, 0.15) is 23.2 Å². The van der Waals surface area contributed by atoms with E-state index in [1.807, 2.05) is 0 Å². The zero-order valence-electron chi connectivity index (χ0n) is 16.6. The molecule has 2 N–H and O–H groups in total. The Kier molecular flexibility index (Phi) is 5.38. The first-order valence-corrected chi connectivity index (χ1v) is 10.9. The molecule has 8 nitrogen and oxygen atoms in total. The maximum absolute atomic E-state index is 13.7. The van der Waals surface area contributed by atoms with Crippen molar-refractivity contribution < 1.29 is 19.2 Å². The fourth-order valence-electron chi connectivity index (χ4n) is 4.24. The monoisotopic (exact) mass is 548 g/mol. The van der Waals surface area contributed by atoms with Gasteiger partial charge in [0, 0.05) is 23.0 Å². The van der Waals surface area contributed by atoms with Crippen LogP contribution in [-0.2, 0) is 9.59 Å². The fourth-order valence-corrected chi connectivity index (χ4v) is 4.77. The zero-order valence-corrected chi connectivity index (χ0v) is 19.7. The van der Waals surface area contributed by atoms with Crippen LogP contribution in [0, 0.1) is 5.41 Å². The molecule has 0 aliphatic carbocycles. The first-order chi connectivity index (χ1) is 14.7. The van der Waals surface area contributed by atoms with Gasteiger partial charge >= 0.3 is 12.1 Å². The number of amides is 6. The van der Waals surface area contributed by atoms with E-state index >= 15 is 0 Å². The molecule has 2 aromatic rings. The number of imide groups is 2. The largest absolute Gasteiger partial charge is 0.332 e. The summed E-state index contributed by atoms with van der Waals surface area (Å²) in [5.74, 6) is -1.37. The molecule has 0 radical (unpaired) electrons. The van der Waals surface area contributed by atoms with E-state index in [1.54, 1.807) is 48.5 Å². The molecule has 2 saturated heterocycles. The minimum absolute atomic E-state index is 0.519. The molecule has 4 rings (SSSR count). The van der Waals surface area contributed by atoms with Gasteiger partial charge in [-0.05, 0) is 35.4 Å². The first kappa shape index (κ1) is 21.5. The highest BCUT2D eigenvalue weighted by Crippen LogP contribution is 2.51. The Labute approximate surface area is 195 Å². The molecule has 2 atom stereocenters. The second-order valence-corrected chi connectivity index (χ2v) is 9.30. The van der Waals surface area contributed by atoms with E-state index in [0.717, 1.165) is 18.7 Å². The van der Waals surface area contributed by atoms with E-state index in [1.165, 1.54) is 14.1 Å². The summed E-state index contributed by atoms with van der Waals surface area (Å²) in [4.78, 5) is 54.5. The summed E-state index contributed by atoms with van der Waals surface area (Å²) in [6.07, 6.45) is 0. The third-order valence-corrected chi connectivity index (χ3v) is 6.82. The predicted octanol–water partition coefficient (Wildman–Crippen LogP) is 3.34. The molecule has 10 heteroatoms. The standard InChI is InChI=1S/C21H18Br2N4O4/c1-26-17(28)21(18(29)27(2)20(26)31)15(11-3-7-13(22)8-4-11)24-19(30)25-16(21)12-5-9-14(23)10-6-12/h3-10,15-16H,1-2H3,(H2,24,25,30). The second-order valence-electron chi connectivity index (χ2n) is 7.47. The molecule has 160 valence electrons. The predicted molar refractivity (Wildman–Crippen MR) is 119 cm³/mol. The molecule has 2 aliphatic heterocycles. The SMILES string of the molecule is CN1C(=O)N(C)C(=O)C2(C1=O)C(c1ccc(Br)cc1)NC(=O)NC2c1ccc(Br)cc1. The van der Waals surface area contributed by atoms with Gasteiger partial charge < -0.3 is 10.6 Å². The number of carbonyl (C=O) groups is 4. The number of hydrogen-bond acceptors (Lipinski definition) is 4. The lowest BCUT2D eigenvalue weighted by atomic mass is 9.65. The van der Waals surface area contributed by atoms with Gasteiger partial charge in [0.25, 0.3) is 11.8 Å². The Morgan fingerprint density at radius 2 is 1.06 bits per heavy atom. The highest BCUT2D eigenvalue weighted by atomic mass is 79.9. The van der Waals surface area contributed by atoms with E-state index in [2.05, 4.69) is 42.5 Å². The number of nitrogens with zero attached hydrogens (tertiary/aromatic N) is 2. The molecular weight excluding hydrogens is 532 g/mol. The van der Waals surface area contributed by atoms with Crippen molar-refractivity contribution in [3.8, 4) is 0 Å². The minimum Gasteiger partial charge on any atom is -0.330 e. The smallest absolute Gasteiger partial charge is 0.330 e. The number of halogens is 2. The molecule has 2 aliphatic rings. The van der Waals surface area contributed by atoms with Crippen LogP contribution in [-0.4, -0.2) is 47.8 Å². The minimum atomic E-state index is -1.81. The molecule has 1 spiro atoms. The number of barbiturate groups is 1. The maximum Gasteiger partial charge on any atom is 0.332 e. The Morgan fingerprint density at radius 1 is 0.710 bits per heavy atom. The van der Waals surface area contributed by atoms with Crippen molar-refractivity contribution in [2.45, 2.75) is 12.1 Å². The van der Waals surface area contributed by atoms with Gasteiger partial charge in [-0.25, -0.2) is 9.59 Å². The Hall–Kier alpha value is -2.72. The number of benzene rings is 2. The molecule has 0 saturated carbocycles. The summed E-state index contributed by atoms with van der Waals surface area (Å²) < 4.78 is 1.61. The number of carbonyl (C=O) groups excluding carboxylic acids is 4. The lowest BCUT2D eigenvalue weighted by molar-refractivity contribution is -0.163. The lowest BCUT2D eigenvalue weighted by Crippen LogP contribution is -2.73. The summed E-state index contributed by atoms with van der Waals surface area (Å²) in [5, 5.41) is 5.52. The van der Waals surface area contributed by atoms with Gasteiger partial charge in [-0.1, -0.05) is 56.1 Å². The molecule has 6 amide bonds. The summed E-state index contributed by atoms with van der Waals surface area (Å²) in [6.45, 7) is 0. The third kappa shape index (κ3) is 3.25. The van der Waals surface area contributed by atoms with Crippen LogP contribution >= 0.6 is 31.9 Å². The number of hydrogen-bond donors (Lipinski definition) is 2. The summed E-state index contributed by atoms with van der Waals surface area (Å²) >= 11 is 6.75. The average Bonchev–Trinajstić information content (AvgIpc) is 2.76. The van der Waals surface area contributed by atoms with Crippen LogP contribution in [0.3, 0.4) is 0 Å². The lowest BCUT2D eigenvalue weighted by Gasteiger charge is -2.52. The maximum atomic E-state index is 13.7. The molecule has 2 fully saturated rings. The molecular formula is C21H18Br2N4O4. The Morgan fingerprint density at radius 3 is 1.42 bits per heavy atom. The van der Waals surface area contributed by atoms with E-state index in [9.17, 15) is 19.2 Å². The van der Waals surface area contributed by atoms with E-state index < -0.39 is 41.4 Å². The first-order valence-electron chi connectivity index (χ1n) is 9.36. The van der Waals surface area contributed by atoms with Crippen LogP contribution in [0.5, 0.6) is 0 Å². The molecule has 2 aromatic carbocycles. The van der Waals surface area contributed by atoms with Crippen molar-refractivity contribution in [3.05, 3.63) is 68.6 Å². The van der Waals surface area contributed by atoms with Crippen LogP contribution < -0.4 is 10.6 Å². The van der Waals surface area contributed by atoms with Gasteiger partial charge in [0.15, 0.2) is 5.41 Å². The molecule has 31 heavy (non-hydrogen) atoms. The van der Waals surface area contributed by atoms with Crippen molar-refractivity contribution in [3.63, 3.8) is 0 Å². The van der Waals surface area contributed by atoms with E-state index in [-0.39, 0.29) is 0 Å². The number of rotatable bonds is 2. The Bertz CT molecular complexity index is 1000. The van der Waals surface area contributed by atoms with Gasteiger partial charge in [-0.15, -0.1) is 0 Å². The topological polar surface area (TPSA) is 98.8 Å². The van der Waals surface area contributed by atoms with Crippen molar-refractivity contribution >= 4 is 55.7 Å². The van der Waals surface area contributed by atoms with Gasteiger partial charge in [0.1, 0.15) is 0 Å². The molecule has 2 heterocycles. The van der Waals surface area contributed by atoms with Gasteiger partial charge in [-0.2, -0.15) is 0 Å². The highest BCUT2D eigenvalue weighted by molar-refractivity contribution is 9.10. The van der Waals surface area contributed by atoms with Crippen molar-refractivity contribution in [2.75, 3.05) is 14.1 Å². The van der Waals surface area contributed by atoms with Crippen molar-refractivity contribution in [1.29, 1.82) is 0 Å². The van der Waals surface area contributed by atoms with E-state index in [4.69, 9.17) is 0 Å². The summed E-state index contributed by atoms with van der Waals surface area (Å²) in [6, 6.07) is 10.8. The Balaban J connectivity index is 1.99. The van der Waals surface area contributed by atoms with Crippen LogP contribution in [0.25, 0.3) is 0 Å². The normalized spacial score (nSPS) is 23.1. The summed E-state index contributed by atoms with van der Waals surface area (Å²) in [5.41, 5.74) is -0.677. The third-order valence-electron chi connectivity index (χ3n) is 5.76. The molecule has 0 bridgehead atoms. The van der Waals surface area contributed by atoms with Crippen molar-refractivity contribution in [1.82, 2.24) is 20.4 Å². The fraction of sp³-hybridized carbons (Fsp3) is 0.238. The van der Waals surface area contributed by atoms with Gasteiger partial charge in [-0.3, -0.25) is 19.4 Å². The van der Waals surface area contributed by atoms with Crippen LogP contribution in [0.2, 0.25) is 0 Å². The quantitative estimate of drug-likeness (QED) is 0.561. The summed E-state index contributed by atoms with van der Waals surface area (Å²) in [7, 11) is 2.67. The zero-order chi connectivity index (χ0) is 22.5. The molecule has 2 unspecified atom stereocenters. The average molecular weight is 550 g/mol.